The molecule has 1 aliphatic rings. The third-order valence-corrected chi connectivity index (χ3v) is 7.64. The Labute approximate surface area is 252 Å². The van der Waals surface area contributed by atoms with Crippen LogP contribution in [0.5, 0.6) is 0 Å². The molecule has 1 fully saturated rings. The number of anilines is 2. The molecule has 1 aromatic heterocycles. The minimum absolute atomic E-state index is 0. The molecule has 0 aliphatic carbocycles. The molecule has 220 valence electrons. The highest BCUT2D eigenvalue weighted by Crippen LogP contribution is 2.28. The summed E-state index contributed by atoms with van der Waals surface area (Å²) in [5.41, 5.74) is 1.68. The van der Waals surface area contributed by atoms with E-state index in [1.807, 2.05) is 18.7 Å². The molecule has 4 rings (SSSR count). The summed E-state index contributed by atoms with van der Waals surface area (Å²) >= 11 is 0. The summed E-state index contributed by atoms with van der Waals surface area (Å²) in [6, 6.07) is 12.7. The zero-order valence-electron chi connectivity index (χ0n) is 22.1. The Kier molecular flexibility index (Phi) is 13.4. The van der Waals surface area contributed by atoms with Crippen LogP contribution in [0.2, 0.25) is 0 Å². The molecule has 1 aliphatic heterocycles. The maximum atomic E-state index is 12.8. The smallest absolute Gasteiger partial charge is 0.336 e. The lowest BCUT2D eigenvalue weighted by Crippen LogP contribution is -2.49. The van der Waals surface area contributed by atoms with Crippen LogP contribution in [0.1, 0.15) is 29.3 Å². The van der Waals surface area contributed by atoms with Crippen LogP contribution in [-0.4, -0.2) is 74.6 Å². The fourth-order valence-electron chi connectivity index (χ4n) is 4.20. The fourth-order valence-corrected chi connectivity index (χ4v) is 5.25. The third kappa shape index (κ3) is 8.58. The van der Waals surface area contributed by atoms with Crippen LogP contribution in [0.25, 0.3) is 10.9 Å². The Balaban J connectivity index is 0.00000267. The fraction of sp³-hybridized carbons (Fsp3) is 0.346. The Morgan fingerprint density at radius 2 is 1.62 bits per heavy atom. The van der Waals surface area contributed by atoms with Crippen LogP contribution < -0.4 is 14.9 Å². The molecule has 0 radical (unpaired) electrons. The van der Waals surface area contributed by atoms with Gasteiger partial charge in [-0.2, -0.15) is 0 Å². The van der Waals surface area contributed by atoms with E-state index in [9.17, 15) is 23.1 Å². The van der Waals surface area contributed by atoms with Crippen LogP contribution in [0.15, 0.2) is 53.4 Å². The van der Waals surface area contributed by atoms with Gasteiger partial charge in [0.25, 0.3) is 10.0 Å². The van der Waals surface area contributed by atoms with E-state index in [0.29, 0.717) is 56.0 Å². The summed E-state index contributed by atoms with van der Waals surface area (Å²) in [6.07, 6.45) is 0.888. The number of benzene rings is 2. The average molecular weight is 635 g/mol. The van der Waals surface area contributed by atoms with Crippen molar-refractivity contribution in [1.82, 2.24) is 15.2 Å². The Morgan fingerprint density at radius 1 is 0.975 bits per heavy atom. The number of rotatable bonds is 9. The van der Waals surface area contributed by atoms with Gasteiger partial charge < -0.3 is 15.3 Å². The van der Waals surface area contributed by atoms with Crippen molar-refractivity contribution in [2.75, 3.05) is 48.9 Å². The lowest BCUT2D eigenvalue weighted by Gasteiger charge is -2.35. The molecule has 14 heteroatoms. The van der Waals surface area contributed by atoms with Gasteiger partial charge in [0.1, 0.15) is 5.82 Å². The number of hydrogen-bond donors (Lipinski definition) is 3. The topological polar surface area (TPSA) is 132 Å². The van der Waals surface area contributed by atoms with Crippen molar-refractivity contribution in [3.63, 3.8) is 0 Å². The van der Waals surface area contributed by atoms with Crippen molar-refractivity contribution >= 4 is 81.5 Å². The molecule has 2 aromatic carbocycles. The second kappa shape index (κ2) is 15.2. The number of piperazine rings is 1. The number of carboxylic acid groups (broad SMARTS) is 1. The van der Waals surface area contributed by atoms with Crippen LogP contribution >= 0.6 is 37.2 Å². The van der Waals surface area contributed by atoms with Crippen LogP contribution in [0.3, 0.4) is 0 Å². The van der Waals surface area contributed by atoms with E-state index in [2.05, 4.69) is 19.9 Å². The quantitative estimate of drug-likeness (QED) is 0.322. The number of carbonyl (C=O) groups is 2. The van der Waals surface area contributed by atoms with Crippen molar-refractivity contribution in [3.8, 4) is 0 Å². The van der Waals surface area contributed by atoms with E-state index in [-0.39, 0.29) is 59.3 Å². The van der Waals surface area contributed by atoms with Gasteiger partial charge in [0, 0.05) is 43.8 Å². The Morgan fingerprint density at radius 3 is 2.23 bits per heavy atom. The van der Waals surface area contributed by atoms with Crippen molar-refractivity contribution in [1.29, 1.82) is 0 Å². The van der Waals surface area contributed by atoms with Crippen LogP contribution in [-0.2, 0) is 14.8 Å². The van der Waals surface area contributed by atoms with E-state index in [4.69, 9.17) is 0 Å². The van der Waals surface area contributed by atoms with Crippen LogP contribution in [0.4, 0.5) is 11.5 Å². The number of sulfonamides is 1. The first-order valence-corrected chi connectivity index (χ1v) is 13.7. The maximum absolute atomic E-state index is 12.8. The highest BCUT2D eigenvalue weighted by molar-refractivity contribution is 7.92. The second-order valence-corrected chi connectivity index (χ2v) is 10.8. The highest BCUT2D eigenvalue weighted by atomic mass is 35.5. The predicted octanol–water partition coefficient (Wildman–Crippen LogP) is 3.96. The van der Waals surface area contributed by atoms with Gasteiger partial charge in [0.05, 0.1) is 22.5 Å². The molecule has 0 atom stereocenters. The van der Waals surface area contributed by atoms with E-state index in [1.165, 1.54) is 24.3 Å². The molecular weight excluding hydrogens is 601 g/mol. The van der Waals surface area contributed by atoms with Crippen molar-refractivity contribution in [2.24, 2.45) is 0 Å². The maximum Gasteiger partial charge on any atom is 0.336 e. The Bertz CT molecular complexity index is 1420. The normalized spacial score (nSPS) is 13.4. The van der Waals surface area contributed by atoms with Gasteiger partial charge in [-0.15, -0.1) is 37.2 Å². The number of aryl methyl sites for hydroxylation is 1. The molecule has 0 unspecified atom stereocenters. The molecular formula is C26H34Cl3N5O5S. The number of aromatic nitrogens is 1. The summed E-state index contributed by atoms with van der Waals surface area (Å²) in [6.45, 7) is 7.39. The number of nitrogens with zero attached hydrogens (tertiary/aromatic N) is 3. The molecule has 0 spiro atoms. The van der Waals surface area contributed by atoms with E-state index >= 15 is 0 Å². The van der Waals surface area contributed by atoms with Crippen molar-refractivity contribution < 1.29 is 23.1 Å². The number of nitrogens with one attached hydrogen (secondary N) is 2. The monoisotopic (exact) mass is 633 g/mol. The number of aromatic carboxylic acids is 1. The third-order valence-electron chi connectivity index (χ3n) is 6.24. The van der Waals surface area contributed by atoms with Gasteiger partial charge in [-0.25, -0.2) is 18.2 Å². The number of halogens is 3. The van der Waals surface area contributed by atoms with Gasteiger partial charge in [-0.1, -0.05) is 24.6 Å². The summed E-state index contributed by atoms with van der Waals surface area (Å²) in [5, 5.41) is 13.1. The van der Waals surface area contributed by atoms with Gasteiger partial charge in [-0.3, -0.25) is 14.4 Å². The number of carbonyl (C=O) groups excluding carboxylic acids is 1. The average Bonchev–Trinajstić information content (AvgIpc) is 2.87. The molecule has 1 saturated heterocycles. The SMILES string of the molecule is CCCNC(=O)CN1CCN(c2cc(C(=O)O)c3cc(NS(=O)(=O)c4ccc(C)cc4)ccc3n2)CC1.Cl.Cl.Cl. The first-order valence-electron chi connectivity index (χ1n) is 12.2. The minimum Gasteiger partial charge on any atom is -0.478 e. The molecule has 0 saturated carbocycles. The summed E-state index contributed by atoms with van der Waals surface area (Å²) in [7, 11) is -3.84. The number of carboxylic acids is 1. The van der Waals surface area contributed by atoms with Gasteiger partial charge in [0.2, 0.25) is 5.91 Å². The summed E-state index contributed by atoms with van der Waals surface area (Å²) in [4.78, 5) is 33.0. The van der Waals surface area contributed by atoms with E-state index in [1.54, 1.807) is 24.3 Å². The zero-order valence-corrected chi connectivity index (χ0v) is 25.4. The highest BCUT2D eigenvalue weighted by Gasteiger charge is 2.22. The Hall–Kier alpha value is -2.83. The lowest BCUT2D eigenvalue weighted by molar-refractivity contribution is -0.122. The molecule has 0 bridgehead atoms. The molecule has 3 aromatic rings. The largest absolute Gasteiger partial charge is 0.478 e. The van der Waals surface area contributed by atoms with Crippen molar-refractivity contribution in [3.05, 3.63) is 59.7 Å². The molecule has 40 heavy (non-hydrogen) atoms. The standard InChI is InChI=1S/C26H31N5O5S.3ClH/c1-3-10-27-25(32)17-30-11-13-31(14-12-30)24-16-22(26(33)34)21-15-19(6-9-23(21)28-24)29-37(35,36)20-7-4-18(2)5-8-20;;;/h4-9,15-16,29H,3,10-14,17H2,1-2H3,(H,27,32)(H,33,34);3*1H. The van der Waals surface area contributed by atoms with Gasteiger partial charge in [0.15, 0.2) is 0 Å². The number of pyridine rings is 1. The molecule has 1 amide bonds. The lowest BCUT2D eigenvalue weighted by atomic mass is 10.1. The predicted molar refractivity (Wildman–Crippen MR) is 164 cm³/mol. The van der Waals surface area contributed by atoms with Gasteiger partial charge in [-0.05, 0) is 49.7 Å². The minimum atomic E-state index is -3.84. The zero-order chi connectivity index (χ0) is 26.6. The van der Waals surface area contributed by atoms with Crippen molar-refractivity contribution in [2.45, 2.75) is 25.2 Å². The first kappa shape index (κ1) is 35.2. The molecule has 2 heterocycles. The van der Waals surface area contributed by atoms with Gasteiger partial charge >= 0.3 is 5.97 Å². The summed E-state index contributed by atoms with van der Waals surface area (Å²) < 4.78 is 28.1. The molecule has 3 N–H and O–H groups in total. The van der Waals surface area contributed by atoms with Crippen LogP contribution in [0, 0.1) is 6.92 Å². The van der Waals surface area contributed by atoms with E-state index in [0.717, 1.165) is 12.0 Å². The number of amides is 1. The molecule has 10 nitrogen and oxygen atoms in total. The first-order chi connectivity index (χ1) is 17.7. The summed E-state index contributed by atoms with van der Waals surface area (Å²) in [5.74, 6) is -0.590. The number of fused-ring (bicyclic) bond motifs is 1. The second-order valence-electron chi connectivity index (χ2n) is 9.10. The number of hydrogen-bond acceptors (Lipinski definition) is 7. The van der Waals surface area contributed by atoms with E-state index < -0.39 is 16.0 Å².